The number of carboxylic acid groups (broad SMARTS) is 1. The molecular formula is C54H71N2O25S6+. The van der Waals surface area contributed by atoms with Crippen LogP contribution in [-0.4, -0.2) is 190 Å². The van der Waals surface area contributed by atoms with Crippen molar-refractivity contribution in [2.24, 2.45) is 0 Å². The lowest BCUT2D eigenvalue weighted by atomic mass is 9.74. The van der Waals surface area contributed by atoms with E-state index in [1.165, 1.54) is 24.3 Å². The van der Waals surface area contributed by atoms with Gasteiger partial charge in [0.15, 0.2) is 5.71 Å². The Labute approximate surface area is 505 Å². The van der Waals surface area contributed by atoms with E-state index in [0.717, 1.165) is 12.1 Å². The van der Waals surface area contributed by atoms with Gasteiger partial charge in [0.2, 0.25) is 5.69 Å². The Kier molecular flexibility index (Phi) is 23.8. The number of methoxy groups -OCH3 is 1. The number of anilines is 1. The third-order valence-corrected chi connectivity index (χ3v) is 19.9. The number of aliphatic carboxylic acids is 1. The monoisotopic (exact) mass is 1340 g/mol. The molecule has 7 N–H and O–H groups in total. The van der Waals surface area contributed by atoms with Crippen LogP contribution in [0.2, 0.25) is 0 Å². The molecule has 0 saturated heterocycles. The predicted molar refractivity (Wildman–Crippen MR) is 318 cm³/mol. The topological polar surface area (TPSA) is 416 Å². The maximum absolute atomic E-state index is 13.0. The van der Waals surface area contributed by atoms with E-state index in [0.29, 0.717) is 74.8 Å². The molecule has 2 atom stereocenters. The van der Waals surface area contributed by atoms with Gasteiger partial charge in [0, 0.05) is 78.4 Å². The molecule has 27 nitrogen and oxygen atoms in total. The summed E-state index contributed by atoms with van der Waals surface area (Å²) in [6.07, 6.45) is 8.33. The number of carboxylic acids is 1. The van der Waals surface area contributed by atoms with Crippen LogP contribution < -0.4 is 4.90 Å². The van der Waals surface area contributed by atoms with Crippen LogP contribution in [0.25, 0.3) is 21.5 Å². The van der Waals surface area contributed by atoms with Crippen molar-refractivity contribution >= 4 is 105 Å². The van der Waals surface area contributed by atoms with Crippen molar-refractivity contribution in [1.29, 1.82) is 0 Å². The van der Waals surface area contributed by atoms with E-state index in [1.807, 2.05) is 4.90 Å². The molecule has 2 aliphatic rings. The number of carbonyl (C=O) groups is 1. The van der Waals surface area contributed by atoms with Gasteiger partial charge in [-0.15, -0.1) is 0 Å². The first-order chi connectivity index (χ1) is 40.5. The van der Waals surface area contributed by atoms with Gasteiger partial charge in [0.25, 0.3) is 60.7 Å². The summed E-state index contributed by atoms with van der Waals surface area (Å²) in [7, 11) is -28.3. The summed E-state index contributed by atoms with van der Waals surface area (Å²) >= 11 is 0. The average molecular weight is 1340 g/mol. The molecule has 4 aromatic rings. The number of ether oxygens (including phenoxy) is 5. The highest BCUT2D eigenvalue weighted by Gasteiger charge is 2.50. The highest BCUT2D eigenvalue weighted by atomic mass is 32.2. The van der Waals surface area contributed by atoms with E-state index < -0.39 is 109 Å². The van der Waals surface area contributed by atoms with Gasteiger partial charge in [-0.1, -0.05) is 30.7 Å². The third kappa shape index (κ3) is 18.5. The Balaban J connectivity index is 1.50. The molecule has 0 aromatic heterocycles. The molecule has 4 aromatic carbocycles. The molecule has 0 saturated carbocycles. The molecule has 2 heterocycles. The Morgan fingerprint density at radius 2 is 1.05 bits per heavy atom. The zero-order chi connectivity index (χ0) is 64.4. The summed E-state index contributed by atoms with van der Waals surface area (Å²) in [5.41, 5.74) is -0.806. The van der Waals surface area contributed by atoms with Crippen molar-refractivity contribution in [1.82, 2.24) is 0 Å². The first-order valence-corrected chi connectivity index (χ1v) is 36.0. The van der Waals surface area contributed by atoms with Gasteiger partial charge in [-0.25, -0.2) is 0 Å². The van der Waals surface area contributed by atoms with Gasteiger partial charge >= 0.3 is 5.97 Å². The zero-order valence-corrected chi connectivity index (χ0v) is 52.6. The number of rotatable bonds is 36. The number of benzene rings is 4. The molecule has 0 amide bonds. The molecule has 0 spiro atoms. The fraction of sp³-hybridized carbons (Fsp3) is 0.481. The van der Waals surface area contributed by atoms with Gasteiger partial charge in [-0.05, 0) is 105 Å². The standard InChI is InChI=1S/C54H70N2O25S6/c1-53(19-10-32-82(59,60)61)48(56(22-11-33-83(62,63)64)44-17-15-40-42(51(44)53)34-38(84(65,66)67)36-46(40)86(71,72)73)12-6-4-7-13-49-54(2,20-23-78-26-27-80-30-31-81-29-28-79-25-24-77-3)52-43-35-39(85(68,69)70)37-47(87(74,75)76)41(43)16-18-45(52)55(49)21-9-5-8-14-50(57)58/h4,6-7,12-13,15-18,34-37H,5,8-11,14,19-33H2,1-3H3,(H6-,57,58,59,60,61,62,63,64,65,66,67,68,69,70,71,72,73,74,75,76)/p+1. The fourth-order valence-electron chi connectivity index (χ4n) is 11.0. The number of allylic oxidation sites excluding steroid dienone is 6. The first kappa shape index (κ1) is 70.9. The molecule has 482 valence electrons. The van der Waals surface area contributed by atoms with Gasteiger partial charge in [-0.2, -0.15) is 55.1 Å². The Morgan fingerprint density at radius 1 is 0.540 bits per heavy atom. The third-order valence-electron chi connectivity index (χ3n) is 14.8. The van der Waals surface area contributed by atoms with E-state index >= 15 is 0 Å². The average Bonchev–Trinajstić information content (AvgIpc) is 1.61. The maximum atomic E-state index is 13.0. The summed E-state index contributed by atoms with van der Waals surface area (Å²) in [5, 5.41) is 8.95. The number of fused-ring (bicyclic) bond motifs is 6. The first-order valence-electron chi connectivity index (χ1n) is 27.1. The lowest BCUT2D eigenvalue weighted by molar-refractivity contribution is -0.437. The second-order valence-corrected chi connectivity index (χ2v) is 29.7. The molecule has 6 rings (SSSR count). The van der Waals surface area contributed by atoms with E-state index in [9.17, 15) is 87.7 Å². The molecule has 2 aliphatic heterocycles. The lowest BCUT2D eigenvalue weighted by Crippen LogP contribution is -2.32. The quantitative estimate of drug-likeness (QED) is 0.0122. The van der Waals surface area contributed by atoms with Crippen molar-refractivity contribution in [2.75, 3.05) is 96.1 Å². The number of unbranched alkanes of at least 4 members (excludes halogenated alkanes) is 2. The Morgan fingerprint density at radius 3 is 1.55 bits per heavy atom. The Bertz CT molecular complexity index is 4050. The number of hydrogen-bond donors (Lipinski definition) is 7. The van der Waals surface area contributed by atoms with Gasteiger partial charge < -0.3 is 33.7 Å². The van der Waals surface area contributed by atoms with Gasteiger partial charge in [0.05, 0.1) is 79.6 Å². The minimum Gasteiger partial charge on any atom is -0.481 e. The van der Waals surface area contributed by atoms with Crippen LogP contribution >= 0.6 is 0 Å². The number of nitrogens with zero attached hydrogens (tertiary/aromatic N) is 2. The molecule has 2 unspecified atom stereocenters. The van der Waals surface area contributed by atoms with E-state index in [1.54, 1.807) is 55.9 Å². The van der Waals surface area contributed by atoms with Crippen LogP contribution in [0.5, 0.6) is 0 Å². The number of hydrogen-bond acceptors (Lipinski definition) is 19. The zero-order valence-electron chi connectivity index (χ0n) is 47.7. The van der Waals surface area contributed by atoms with Crippen molar-refractivity contribution in [3.8, 4) is 0 Å². The lowest BCUT2D eigenvalue weighted by Gasteiger charge is -2.31. The molecule has 0 fully saturated rings. The van der Waals surface area contributed by atoms with Crippen molar-refractivity contribution in [2.45, 2.75) is 95.6 Å². The summed E-state index contributed by atoms with van der Waals surface area (Å²) in [5.74, 6) is -2.55. The normalized spacial score (nSPS) is 18.4. The second kappa shape index (κ2) is 29.2. The van der Waals surface area contributed by atoms with Crippen LogP contribution in [-0.2, 0) is 100 Å². The molecular weight excluding hydrogens is 1270 g/mol. The van der Waals surface area contributed by atoms with Crippen LogP contribution in [0.1, 0.15) is 76.3 Å². The molecule has 0 radical (unpaired) electrons. The molecule has 0 aliphatic carbocycles. The summed E-state index contributed by atoms with van der Waals surface area (Å²) in [4.78, 5) is 9.85. The van der Waals surface area contributed by atoms with E-state index in [-0.39, 0.29) is 117 Å². The SMILES string of the molecule is COCCOCCOCCOCCOCCC1(C)\C(=C/C=C/C=C/C2=[N+](CCCS(=O)(=O)O)c3ccc4c(S(=O)(=O)O)cc(S(=O)(=O)O)cc4c3C2(C)CCCS(=O)(=O)O)N(CCCCCC(=O)O)c2ccc3c(S(=O)(=O)O)cc(S(=O)(=O)O)cc3c21. The minimum absolute atomic E-state index is 0.0101. The van der Waals surface area contributed by atoms with Gasteiger partial charge in [0.1, 0.15) is 16.3 Å². The van der Waals surface area contributed by atoms with E-state index in [2.05, 4.69) is 0 Å². The van der Waals surface area contributed by atoms with Crippen molar-refractivity contribution < 1.29 is 116 Å². The molecule has 87 heavy (non-hydrogen) atoms. The molecule has 0 bridgehead atoms. The maximum Gasteiger partial charge on any atom is 0.303 e. The summed E-state index contributed by atoms with van der Waals surface area (Å²) in [6.45, 7) is 5.71. The summed E-state index contributed by atoms with van der Waals surface area (Å²) < 4.78 is 241. The molecule has 33 heteroatoms. The van der Waals surface area contributed by atoms with Crippen LogP contribution in [0.15, 0.2) is 104 Å². The Hall–Kier alpha value is -5.18. The highest BCUT2D eigenvalue weighted by molar-refractivity contribution is 7.87. The largest absolute Gasteiger partial charge is 0.481 e. The van der Waals surface area contributed by atoms with Crippen molar-refractivity contribution in [3.63, 3.8) is 0 Å². The minimum atomic E-state index is -5.22. The highest BCUT2D eigenvalue weighted by Crippen LogP contribution is 2.54. The van der Waals surface area contributed by atoms with Crippen LogP contribution in [0.4, 0.5) is 11.4 Å². The smallest absolute Gasteiger partial charge is 0.303 e. The fourth-order valence-corrected chi connectivity index (χ4v) is 14.7. The van der Waals surface area contributed by atoms with Crippen LogP contribution in [0, 0.1) is 0 Å². The van der Waals surface area contributed by atoms with Gasteiger partial charge in [-0.3, -0.25) is 32.1 Å². The predicted octanol–water partition coefficient (Wildman–Crippen LogP) is 5.80. The summed E-state index contributed by atoms with van der Waals surface area (Å²) in [6, 6.07) is 8.83. The van der Waals surface area contributed by atoms with E-state index in [4.69, 9.17) is 23.7 Å². The van der Waals surface area contributed by atoms with Crippen molar-refractivity contribution in [3.05, 3.63) is 95.7 Å². The van der Waals surface area contributed by atoms with Crippen LogP contribution in [0.3, 0.4) is 0 Å². The second-order valence-electron chi connectivity index (χ2n) is 20.9.